The highest BCUT2D eigenvalue weighted by atomic mass is 35.5. The van der Waals surface area contributed by atoms with Crippen LogP contribution < -0.4 is 4.90 Å². The molecule has 4 nitrogen and oxygen atoms in total. The normalized spacial score (nSPS) is 27.6. The molecule has 0 aromatic carbocycles. The van der Waals surface area contributed by atoms with Gasteiger partial charge in [0, 0.05) is 42.6 Å². The van der Waals surface area contributed by atoms with Crippen molar-refractivity contribution >= 4 is 17.5 Å². The minimum absolute atomic E-state index is 0.482. The van der Waals surface area contributed by atoms with Gasteiger partial charge in [0.05, 0.1) is 5.88 Å². The molecule has 0 aliphatic carbocycles. The molecule has 5 heteroatoms. The number of aromatic nitrogens is 2. The Balaban J connectivity index is 1.82. The summed E-state index contributed by atoms with van der Waals surface area (Å²) in [6, 6.07) is 1.17. The van der Waals surface area contributed by atoms with Gasteiger partial charge in [-0.15, -0.1) is 11.6 Å². The lowest BCUT2D eigenvalue weighted by Crippen LogP contribution is -2.55. The summed E-state index contributed by atoms with van der Waals surface area (Å²) >= 11 is 5.87. The van der Waals surface area contributed by atoms with Gasteiger partial charge in [-0.1, -0.05) is 0 Å². The molecule has 0 bridgehead atoms. The van der Waals surface area contributed by atoms with Crippen molar-refractivity contribution in [2.75, 3.05) is 24.5 Å². The molecule has 2 aliphatic heterocycles. The van der Waals surface area contributed by atoms with Gasteiger partial charge in [-0.2, -0.15) is 0 Å². The third-order valence-electron chi connectivity index (χ3n) is 4.41. The fraction of sp³-hybridized carbons (Fsp3) is 0.714. The summed E-state index contributed by atoms with van der Waals surface area (Å²) in [7, 11) is 0. The summed E-state index contributed by atoms with van der Waals surface area (Å²) in [5.41, 5.74) is 2.03. The molecule has 2 fully saturated rings. The van der Waals surface area contributed by atoms with Crippen LogP contribution in [0.4, 0.5) is 5.95 Å². The molecular weight excluding hydrogens is 260 g/mol. The first kappa shape index (κ1) is 13.1. The van der Waals surface area contributed by atoms with E-state index in [0.29, 0.717) is 18.0 Å². The lowest BCUT2D eigenvalue weighted by Gasteiger charge is -2.42. The highest BCUT2D eigenvalue weighted by Gasteiger charge is 2.35. The molecule has 19 heavy (non-hydrogen) atoms. The largest absolute Gasteiger partial charge is 0.335 e. The monoisotopic (exact) mass is 280 g/mol. The molecule has 1 aromatic rings. The van der Waals surface area contributed by atoms with E-state index < -0.39 is 0 Å². The van der Waals surface area contributed by atoms with Crippen molar-refractivity contribution in [3.05, 3.63) is 17.5 Å². The zero-order valence-electron chi connectivity index (χ0n) is 11.6. The van der Waals surface area contributed by atoms with Crippen molar-refractivity contribution < 1.29 is 0 Å². The second kappa shape index (κ2) is 5.25. The van der Waals surface area contributed by atoms with Crippen LogP contribution in [0.15, 0.2) is 6.20 Å². The summed E-state index contributed by atoms with van der Waals surface area (Å²) in [6.07, 6.45) is 4.51. The number of alkyl halides is 1. The molecule has 2 aliphatic rings. The first-order chi connectivity index (χ1) is 9.19. The Morgan fingerprint density at radius 2 is 2.26 bits per heavy atom. The quantitative estimate of drug-likeness (QED) is 0.778. The first-order valence-corrected chi connectivity index (χ1v) is 7.61. The van der Waals surface area contributed by atoms with E-state index in [1.807, 2.05) is 13.1 Å². The summed E-state index contributed by atoms with van der Waals surface area (Å²) in [5, 5.41) is 0. The third kappa shape index (κ3) is 2.43. The average molecular weight is 281 g/mol. The summed E-state index contributed by atoms with van der Waals surface area (Å²) in [4.78, 5) is 14.1. The number of anilines is 1. The molecule has 0 amide bonds. The average Bonchev–Trinajstić information content (AvgIpc) is 2.84. The summed E-state index contributed by atoms with van der Waals surface area (Å²) in [6.45, 7) is 7.72. The Kier molecular flexibility index (Phi) is 3.63. The molecule has 1 aromatic heterocycles. The van der Waals surface area contributed by atoms with Crippen molar-refractivity contribution in [2.24, 2.45) is 0 Å². The number of piperazine rings is 1. The van der Waals surface area contributed by atoms with Crippen molar-refractivity contribution in [2.45, 2.75) is 44.7 Å². The maximum absolute atomic E-state index is 5.87. The molecule has 0 N–H and O–H groups in total. The molecule has 2 unspecified atom stereocenters. The SMILES string of the molecule is Cc1nc(N2CC3CCCN3CC2C)ncc1CCl. The highest BCUT2D eigenvalue weighted by molar-refractivity contribution is 6.17. The maximum Gasteiger partial charge on any atom is 0.225 e. The lowest BCUT2D eigenvalue weighted by atomic mass is 10.1. The van der Waals surface area contributed by atoms with Gasteiger partial charge >= 0.3 is 0 Å². The Morgan fingerprint density at radius 3 is 3.00 bits per heavy atom. The van der Waals surface area contributed by atoms with Gasteiger partial charge in [0.1, 0.15) is 0 Å². The van der Waals surface area contributed by atoms with Crippen LogP contribution in [0.1, 0.15) is 31.0 Å². The number of rotatable bonds is 2. The van der Waals surface area contributed by atoms with E-state index in [1.165, 1.54) is 19.4 Å². The topological polar surface area (TPSA) is 32.3 Å². The number of halogens is 1. The maximum atomic E-state index is 5.87. The smallest absolute Gasteiger partial charge is 0.225 e. The van der Waals surface area contributed by atoms with Crippen LogP contribution in [-0.4, -0.2) is 46.6 Å². The fourth-order valence-electron chi connectivity index (χ4n) is 3.22. The minimum Gasteiger partial charge on any atom is -0.335 e. The number of aryl methyl sites for hydroxylation is 1. The predicted octanol–water partition coefficient (Wildman–Crippen LogP) is 2.20. The summed E-state index contributed by atoms with van der Waals surface area (Å²) < 4.78 is 0. The van der Waals surface area contributed by atoms with Crippen LogP contribution in [0.2, 0.25) is 0 Å². The third-order valence-corrected chi connectivity index (χ3v) is 4.69. The zero-order valence-corrected chi connectivity index (χ0v) is 12.4. The Labute approximate surface area is 119 Å². The van der Waals surface area contributed by atoms with Gasteiger partial charge in [0.25, 0.3) is 0 Å². The van der Waals surface area contributed by atoms with Gasteiger partial charge in [-0.25, -0.2) is 9.97 Å². The Morgan fingerprint density at radius 1 is 1.42 bits per heavy atom. The minimum atomic E-state index is 0.482. The van der Waals surface area contributed by atoms with Crippen LogP contribution in [0.25, 0.3) is 0 Å². The number of nitrogens with zero attached hydrogens (tertiary/aromatic N) is 4. The standard InChI is InChI=1S/C14H21ClN4/c1-10-8-18-5-3-4-13(18)9-19(10)14-16-7-12(6-15)11(2)17-14/h7,10,13H,3-6,8-9H2,1-2H3. The molecule has 3 rings (SSSR count). The second-order valence-corrected chi connectivity index (χ2v) is 5.97. The van der Waals surface area contributed by atoms with E-state index in [-0.39, 0.29) is 0 Å². The molecular formula is C14H21ClN4. The molecule has 104 valence electrons. The molecule has 0 spiro atoms. The van der Waals surface area contributed by atoms with Crippen LogP contribution in [0.5, 0.6) is 0 Å². The molecule has 0 saturated carbocycles. The van der Waals surface area contributed by atoms with Crippen LogP contribution in [0, 0.1) is 6.92 Å². The highest BCUT2D eigenvalue weighted by Crippen LogP contribution is 2.27. The van der Waals surface area contributed by atoms with Crippen molar-refractivity contribution in [3.63, 3.8) is 0 Å². The van der Waals surface area contributed by atoms with Crippen molar-refractivity contribution in [1.29, 1.82) is 0 Å². The lowest BCUT2D eigenvalue weighted by molar-refractivity contribution is 0.201. The van der Waals surface area contributed by atoms with Crippen molar-refractivity contribution in [1.82, 2.24) is 14.9 Å². The molecule has 0 radical (unpaired) electrons. The Bertz CT molecular complexity index is 465. The van der Waals surface area contributed by atoms with Gasteiger partial charge in [0.2, 0.25) is 5.95 Å². The van der Waals surface area contributed by atoms with Crippen LogP contribution in [-0.2, 0) is 5.88 Å². The molecule has 2 atom stereocenters. The van der Waals surface area contributed by atoms with E-state index in [9.17, 15) is 0 Å². The molecule has 2 saturated heterocycles. The zero-order chi connectivity index (χ0) is 13.4. The molecule has 3 heterocycles. The predicted molar refractivity (Wildman–Crippen MR) is 77.7 cm³/mol. The van der Waals surface area contributed by atoms with E-state index in [2.05, 4.69) is 26.7 Å². The van der Waals surface area contributed by atoms with Crippen LogP contribution in [0.3, 0.4) is 0 Å². The van der Waals surface area contributed by atoms with Gasteiger partial charge in [-0.05, 0) is 33.2 Å². The van der Waals surface area contributed by atoms with Gasteiger partial charge in [0.15, 0.2) is 0 Å². The van der Waals surface area contributed by atoms with Gasteiger partial charge < -0.3 is 4.90 Å². The van der Waals surface area contributed by atoms with E-state index in [1.54, 1.807) is 0 Å². The van der Waals surface area contributed by atoms with Gasteiger partial charge in [-0.3, -0.25) is 4.90 Å². The summed E-state index contributed by atoms with van der Waals surface area (Å²) in [5.74, 6) is 1.35. The van der Waals surface area contributed by atoms with Crippen molar-refractivity contribution in [3.8, 4) is 0 Å². The first-order valence-electron chi connectivity index (χ1n) is 7.08. The van der Waals surface area contributed by atoms with E-state index in [4.69, 9.17) is 11.6 Å². The number of hydrogen-bond donors (Lipinski definition) is 0. The van der Waals surface area contributed by atoms with E-state index >= 15 is 0 Å². The van der Waals surface area contributed by atoms with Crippen LogP contribution >= 0.6 is 11.6 Å². The number of hydrogen-bond acceptors (Lipinski definition) is 4. The Hall–Kier alpha value is -0.870. The number of fused-ring (bicyclic) bond motifs is 1. The fourth-order valence-corrected chi connectivity index (χ4v) is 3.48. The second-order valence-electron chi connectivity index (χ2n) is 5.71. The van der Waals surface area contributed by atoms with E-state index in [0.717, 1.165) is 30.3 Å².